The van der Waals surface area contributed by atoms with Crippen LogP contribution in [0.2, 0.25) is 0 Å². The molecule has 120 valence electrons. The summed E-state index contributed by atoms with van der Waals surface area (Å²) in [7, 11) is 0. The normalized spacial score (nSPS) is 12.1. The molecule has 24 heavy (non-hydrogen) atoms. The molecule has 1 heterocycles. The lowest BCUT2D eigenvalue weighted by Crippen LogP contribution is -2.09. The Labute approximate surface area is 138 Å². The summed E-state index contributed by atoms with van der Waals surface area (Å²) in [6.07, 6.45) is 3.78. The van der Waals surface area contributed by atoms with Crippen LogP contribution in [0.15, 0.2) is 42.5 Å². The van der Waals surface area contributed by atoms with Crippen molar-refractivity contribution in [1.29, 1.82) is 0 Å². The zero-order chi connectivity index (χ0) is 17.3. The van der Waals surface area contributed by atoms with E-state index in [-0.39, 0.29) is 17.5 Å². The van der Waals surface area contributed by atoms with Gasteiger partial charge in [0.1, 0.15) is 6.10 Å². The fraction of sp³-hybridized carbons (Fsp3) is 0.150. The van der Waals surface area contributed by atoms with Crippen LogP contribution in [-0.2, 0) is 6.42 Å². The van der Waals surface area contributed by atoms with Gasteiger partial charge in [-0.05, 0) is 36.8 Å². The van der Waals surface area contributed by atoms with Gasteiger partial charge in [-0.2, -0.15) is 0 Å². The van der Waals surface area contributed by atoms with Crippen LogP contribution in [-0.4, -0.2) is 16.2 Å². The molecule has 0 aliphatic heterocycles. The first kappa shape index (κ1) is 16.1. The number of hydrogen-bond acceptors (Lipinski definition) is 2. The van der Waals surface area contributed by atoms with E-state index in [1.807, 2.05) is 31.2 Å². The van der Waals surface area contributed by atoms with E-state index in [0.717, 1.165) is 10.9 Å². The summed E-state index contributed by atoms with van der Waals surface area (Å²) in [6.45, 7) is 1.98. The number of aliphatic hydroxyl groups is 1. The number of halogens is 2. The molecule has 1 aromatic heterocycles. The molecule has 1 atom stereocenters. The molecular weight excluding hydrogens is 308 g/mol. The first-order valence-electron chi connectivity index (χ1n) is 7.48. The Morgan fingerprint density at radius 3 is 2.67 bits per heavy atom. The molecule has 2 aromatic carbocycles. The van der Waals surface area contributed by atoms with Gasteiger partial charge in [-0.3, -0.25) is 0 Å². The number of rotatable bonds is 3. The highest BCUT2D eigenvalue weighted by Gasteiger charge is 2.17. The van der Waals surface area contributed by atoms with Crippen molar-refractivity contribution < 1.29 is 13.9 Å². The highest BCUT2D eigenvalue weighted by molar-refractivity contribution is 5.82. The van der Waals surface area contributed by atoms with Crippen LogP contribution in [0.1, 0.15) is 11.1 Å². The van der Waals surface area contributed by atoms with Crippen molar-refractivity contribution in [2.45, 2.75) is 19.4 Å². The number of aliphatic hydroxyl groups excluding tert-OH is 1. The van der Waals surface area contributed by atoms with Gasteiger partial charge in [-0.15, -0.1) is 6.42 Å². The number of fused-ring (bicyclic) bond motifs is 1. The van der Waals surface area contributed by atoms with Gasteiger partial charge in [-0.1, -0.05) is 29.7 Å². The van der Waals surface area contributed by atoms with Crippen molar-refractivity contribution in [1.82, 2.24) is 4.98 Å². The van der Waals surface area contributed by atoms with Gasteiger partial charge in [0.2, 0.25) is 0 Å². The Hall–Kier alpha value is -2.77. The van der Waals surface area contributed by atoms with Crippen LogP contribution in [0.4, 0.5) is 8.78 Å². The van der Waals surface area contributed by atoms with Gasteiger partial charge < -0.3 is 5.11 Å². The van der Waals surface area contributed by atoms with E-state index in [0.29, 0.717) is 11.2 Å². The largest absolute Gasteiger partial charge is 0.380 e. The van der Waals surface area contributed by atoms with Gasteiger partial charge in [0, 0.05) is 17.4 Å². The van der Waals surface area contributed by atoms with E-state index in [2.05, 4.69) is 10.9 Å². The maximum absolute atomic E-state index is 14.4. The molecule has 1 N–H and O–H groups in total. The minimum atomic E-state index is -1.15. The van der Waals surface area contributed by atoms with Crippen molar-refractivity contribution in [3.63, 3.8) is 0 Å². The summed E-state index contributed by atoms with van der Waals surface area (Å²) in [5, 5.41) is 10.4. The number of terminal acetylenes is 1. The summed E-state index contributed by atoms with van der Waals surface area (Å²) in [5.41, 5.74) is 2.29. The molecule has 0 amide bonds. The number of aryl methyl sites for hydroxylation is 1. The third-order valence-corrected chi connectivity index (χ3v) is 3.89. The van der Waals surface area contributed by atoms with Crippen molar-refractivity contribution in [2.24, 2.45) is 0 Å². The molecule has 0 radical (unpaired) electrons. The highest BCUT2D eigenvalue weighted by atomic mass is 19.2. The molecular formula is C20H15F2NO. The molecule has 0 aliphatic carbocycles. The van der Waals surface area contributed by atoms with E-state index in [4.69, 9.17) is 6.42 Å². The quantitative estimate of drug-likeness (QED) is 0.738. The molecule has 0 spiro atoms. The van der Waals surface area contributed by atoms with Crippen molar-refractivity contribution in [2.75, 3.05) is 0 Å². The molecule has 4 heteroatoms. The highest BCUT2D eigenvalue weighted by Crippen LogP contribution is 2.27. The average Bonchev–Trinajstić information content (AvgIpc) is 2.58. The maximum atomic E-state index is 14.4. The first-order valence-corrected chi connectivity index (χ1v) is 7.48. The molecule has 0 aliphatic rings. The summed E-state index contributed by atoms with van der Waals surface area (Å²) < 4.78 is 28.6. The summed E-state index contributed by atoms with van der Waals surface area (Å²) in [5.74, 6) is 0.0882. The van der Waals surface area contributed by atoms with Crippen LogP contribution in [0.5, 0.6) is 0 Å². The Kier molecular flexibility index (Phi) is 4.28. The van der Waals surface area contributed by atoms with Crippen LogP contribution in [0.25, 0.3) is 22.2 Å². The van der Waals surface area contributed by atoms with E-state index in [1.54, 1.807) is 6.07 Å². The van der Waals surface area contributed by atoms with E-state index >= 15 is 0 Å². The predicted octanol–water partition coefficient (Wildman–Crippen LogP) is 4.03. The molecule has 3 aromatic rings. The van der Waals surface area contributed by atoms with Gasteiger partial charge in [0.25, 0.3) is 0 Å². The fourth-order valence-electron chi connectivity index (χ4n) is 2.61. The minimum Gasteiger partial charge on any atom is -0.380 e. The lowest BCUT2D eigenvalue weighted by molar-refractivity contribution is 0.231. The second-order valence-corrected chi connectivity index (χ2v) is 5.68. The third-order valence-electron chi connectivity index (χ3n) is 3.89. The van der Waals surface area contributed by atoms with Gasteiger partial charge >= 0.3 is 0 Å². The Balaban J connectivity index is 2.05. The standard InChI is InChI=1S/C20H15F2NO/c1-3-15(24)11-14-5-7-16(20(22)19(14)21)18-9-6-13-10-12(2)4-8-17(13)23-18/h1,4-10,15,24H,11H2,2H3. The molecule has 0 bridgehead atoms. The van der Waals surface area contributed by atoms with E-state index < -0.39 is 17.7 Å². The lowest BCUT2D eigenvalue weighted by atomic mass is 10.0. The van der Waals surface area contributed by atoms with E-state index in [9.17, 15) is 13.9 Å². The van der Waals surface area contributed by atoms with Gasteiger partial charge in [-0.25, -0.2) is 13.8 Å². The van der Waals surface area contributed by atoms with Crippen LogP contribution in [0.3, 0.4) is 0 Å². The topological polar surface area (TPSA) is 33.1 Å². The summed E-state index contributed by atoms with van der Waals surface area (Å²) >= 11 is 0. The van der Waals surface area contributed by atoms with Crippen molar-refractivity contribution in [3.05, 3.63) is 65.2 Å². The minimum absolute atomic E-state index is 0.0399. The number of nitrogens with zero attached hydrogens (tertiary/aromatic N) is 1. The van der Waals surface area contributed by atoms with Crippen LogP contribution >= 0.6 is 0 Å². The second-order valence-electron chi connectivity index (χ2n) is 5.68. The molecule has 3 rings (SSSR count). The number of benzene rings is 2. The van der Waals surface area contributed by atoms with E-state index in [1.165, 1.54) is 12.1 Å². The van der Waals surface area contributed by atoms with Crippen molar-refractivity contribution >= 4 is 10.9 Å². The predicted molar refractivity (Wildman–Crippen MR) is 90.4 cm³/mol. The zero-order valence-electron chi connectivity index (χ0n) is 13.1. The molecule has 1 unspecified atom stereocenters. The second kappa shape index (κ2) is 6.38. The summed E-state index contributed by atoms with van der Waals surface area (Å²) in [6, 6.07) is 12.1. The van der Waals surface area contributed by atoms with Crippen LogP contribution in [0, 0.1) is 30.9 Å². The smallest absolute Gasteiger partial charge is 0.168 e. The monoisotopic (exact) mass is 323 g/mol. The van der Waals surface area contributed by atoms with Gasteiger partial charge in [0.15, 0.2) is 11.6 Å². The Morgan fingerprint density at radius 2 is 1.92 bits per heavy atom. The maximum Gasteiger partial charge on any atom is 0.168 e. The molecule has 0 saturated heterocycles. The Morgan fingerprint density at radius 1 is 1.12 bits per heavy atom. The summed E-state index contributed by atoms with van der Waals surface area (Å²) in [4.78, 5) is 4.41. The third kappa shape index (κ3) is 2.99. The van der Waals surface area contributed by atoms with Crippen LogP contribution < -0.4 is 0 Å². The number of hydrogen-bond donors (Lipinski definition) is 1. The Bertz CT molecular complexity index is 960. The fourth-order valence-corrected chi connectivity index (χ4v) is 2.61. The molecule has 0 saturated carbocycles. The van der Waals surface area contributed by atoms with Gasteiger partial charge in [0.05, 0.1) is 11.2 Å². The van der Waals surface area contributed by atoms with Crippen molar-refractivity contribution in [3.8, 4) is 23.6 Å². The SMILES string of the molecule is C#CC(O)Cc1ccc(-c2ccc3cc(C)ccc3n2)c(F)c1F. The average molecular weight is 323 g/mol. The first-order chi connectivity index (χ1) is 11.5. The number of pyridine rings is 1. The zero-order valence-corrected chi connectivity index (χ0v) is 13.1. The number of aromatic nitrogens is 1. The molecule has 0 fully saturated rings. The lowest BCUT2D eigenvalue weighted by Gasteiger charge is -2.10. The molecule has 2 nitrogen and oxygen atoms in total.